The van der Waals surface area contributed by atoms with E-state index in [4.69, 9.17) is 9.47 Å². The highest BCUT2D eigenvalue weighted by Gasteiger charge is 2.44. The highest BCUT2D eigenvalue weighted by molar-refractivity contribution is 7.90. The molecule has 2 heterocycles. The number of amides is 1. The molecular formula is C25H30F2N2O5S. The first-order valence-electron chi connectivity index (χ1n) is 11.5. The number of halogens is 2. The van der Waals surface area contributed by atoms with E-state index in [-0.39, 0.29) is 29.2 Å². The molecule has 0 saturated carbocycles. The number of benzene rings is 2. The number of carbonyl (C=O) groups excluding carboxylic acids is 1. The van der Waals surface area contributed by atoms with Gasteiger partial charge in [-0.1, -0.05) is 30.3 Å². The van der Waals surface area contributed by atoms with E-state index in [2.05, 4.69) is 0 Å². The lowest BCUT2D eigenvalue weighted by atomic mass is 9.87. The third kappa shape index (κ3) is 5.82. The molecule has 0 bridgehead atoms. The van der Waals surface area contributed by atoms with Crippen LogP contribution >= 0.6 is 0 Å². The number of morpholine rings is 1. The number of nitrogens with zero attached hydrogens (tertiary/aromatic N) is 2. The molecule has 1 unspecified atom stereocenters. The lowest BCUT2D eigenvalue weighted by Crippen LogP contribution is -2.58. The Hall–Kier alpha value is -2.56. The molecule has 0 radical (unpaired) electrons. The number of carbonyl (C=O) groups is 1. The van der Waals surface area contributed by atoms with Crippen molar-refractivity contribution < 1.29 is 31.5 Å². The molecule has 2 aliphatic heterocycles. The summed E-state index contributed by atoms with van der Waals surface area (Å²) in [5, 5.41) is 0. The zero-order valence-electron chi connectivity index (χ0n) is 19.8. The Labute approximate surface area is 204 Å². The van der Waals surface area contributed by atoms with E-state index in [0.717, 1.165) is 11.8 Å². The van der Waals surface area contributed by atoms with E-state index in [9.17, 15) is 22.0 Å². The van der Waals surface area contributed by atoms with Crippen molar-refractivity contribution in [1.29, 1.82) is 0 Å². The molecule has 0 N–H and O–H groups in total. The number of sulfone groups is 1. The fraction of sp³-hybridized carbons (Fsp3) is 0.480. The molecule has 2 fully saturated rings. The lowest BCUT2D eigenvalue weighted by molar-refractivity contribution is -0.180. The number of hydrogen-bond donors (Lipinski definition) is 0. The summed E-state index contributed by atoms with van der Waals surface area (Å²) in [6.07, 6.45) is -0.645. The summed E-state index contributed by atoms with van der Waals surface area (Å²) in [7, 11) is -2.14. The minimum atomic E-state index is -3.50. The monoisotopic (exact) mass is 508 g/mol. The highest BCUT2D eigenvalue weighted by Crippen LogP contribution is 2.38. The van der Waals surface area contributed by atoms with Crippen LogP contribution in [0.1, 0.15) is 34.9 Å². The number of methoxy groups -OCH3 is 1. The summed E-state index contributed by atoms with van der Waals surface area (Å²) in [4.78, 5) is 16.6. The number of likely N-dealkylation sites (tertiary alicyclic amines) is 1. The van der Waals surface area contributed by atoms with Crippen LogP contribution in [0.25, 0.3) is 0 Å². The van der Waals surface area contributed by atoms with Gasteiger partial charge >= 0.3 is 0 Å². The first kappa shape index (κ1) is 25.5. The zero-order valence-corrected chi connectivity index (χ0v) is 20.6. The molecule has 1 spiro atoms. The molecule has 0 aliphatic carbocycles. The standard InChI is InChI=1S/C25H30F2N2O5S/c1-33-20-14-19(8-9-22(20)35(2,31)32)24(30)29-12-10-25(11-13-29)17-28(16-23(26)27)15-21(34-25)18-6-4-3-5-7-18/h3-9,14,21,23H,10-13,15-17H2,1-2H3. The molecule has 2 saturated heterocycles. The van der Waals surface area contributed by atoms with Gasteiger partial charge in [0.25, 0.3) is 12.3 Å². The average Bonchev–Trinajstić information content (AvgIpc) is 2.83. The first-order chi connectivity index (χ1) is 16.6. The third-order valence-corrected chi connectivity index (χ3v) is 7.80. The van der Waals surface area contributed by atoms with Crippen LogP contribution in [-0.4, -0.2) is 82.2 Å². The summed E-state index contributed by atoms with van der Waals surface area (Å²) >= 11 is 0. The van der Waals surface area contributed by atoms with Crippen molar-refractivity contribution in [2.24, 2.45) is 0 Å². The fourth-order valence-corrected chi connectivity index (χ4v) is 5.76. The molecule has 10 heteroatoms. The Morgan fingerprint density at radius 3 is 2.46 bits per heavy atom. The minimum Gasteiger partial charge on any atom is -0.495 e. The van der Waals surface area contributed by atoms with Gasteiger partial charge in [0.2, 0.25) is 0 Å². The van der Waals surface area contributed by atoms with E-state index in [0.29, 0.717) is 44.6 Å². The van der Waals surface area contributed by atoms with Crippen molar-refractivity contribution in [3.05, 3.63) is 59.7 Å². The second-order valence-corrected chi connectivity index (χ2v) is 11.2. The van der Waals surface area contributed by atoms with Gasteiger partial charge in [-0.3, -0.25) is 9.69 Å². The normalized spacial score (nSPS) is 20.8. The maximum Gasteiger partial charge on any atom is 0.253 e. The molecule has 35 heavy (non-hydrogen) atoms. The highest BCUT2D eigenvalue weighted by atomic mass is 32.2. The average molecular weight is 509 g/mol. The maximum absolute atomic E-state index is 13.2. The van der Waals surface area contributed by atoms with E-state index in [1.807, 2.05) is 30.3 Å². The van der Waals surface area contributed by atoms with Crippen LogP contribution in [0.5, 0.6) is 5.75 Å². The maximum atomic E-state index is 13.2. The smallest absolute Gasteiger partial charge is 0.253 e. The molecule has 190 valence electrons. The number of ether oxygens (including phenoxy) is 2. The van der Waals surface area contributed by atoms with Gasteiger partial charge in [0.05, 0.1) is 25.4 Å². The van der Waals surface area contributed by atoms with Gasteiger partial charge in [0, 0.05) is 38.0 Å². The Kier molecular flexibility index (Phi) is 7.44. The molecule has 1 atom stereocenters. The summed E-state index contributed by atoms with van der Waals surface area (Å²) in [5.74, 6) is -0.117. The summed E-state index contributed by atoms with van der Waals surface area (Å²) in [6, 6.07) is 13.9. The van der Waals surface area contributed by atoms with Gasteiger partial charge < -0.3 is 14.4 Å². The summed E-state index contributed by atoms with van der Waals surface area (Å²) < 4.78 is 62.1. The van der Waals surface area contributed by atoms with Crippen LogP contribution in [0.4, 0.5) is 8.78 Å². The topological polar surface area (TPSA) is 76.2 Å². The molecule has 2 aromatic rings. The molecule has 4 rings (SSSR count). The number of piperidine rings is 1. The van der Waals surface area contributed by atoms with Crippen molar-refractivity contribution in [1.82, 2.24) is 9.80 Å². The summed E-state index contributed by atoms with van der Waals surface area (Å²) in [6.45, 7) is 1.27. The van der Waals surface area contributed by atoms with Crippen LogP contribution in [0.2, 0.25) is 0 Å². The fourth-order valence-electron chi connectivity index (χ4n) is 4.94. The largest absolute Gasteiger partial charge is 0.495 e. The Bertz CT molecular complexity index is 1150. The van der Waals surface area contributed by atoms with Gasteiger partial charge in [-0.05, 0) is 36.6 Å². The molecule has 2 aromatic carbocycles. The van der Waals surface area contributed by atoms with E-state index < -0.39 is 21.9 Å². The quantitative estimate of drug-likeness (QED) is 0.595. The van der Waals surface area contributed by atoms with Gasteiger partial charge in [0.15, 0.2) is 9.84 Å². The Balaban J connectivity index is 1.49. The number of hydrogen-bond acceptors (Lipinski definition) is 6. The van der Waals surface area contributed by atoms with Crippen molar-refractivity contribution in [2.45, 2.75) is 35.9 Å². The van der Waals surface area contributed by atoms with E-state index in [1.165, 1.54) is 25.3 Å². The van der Waals surface area contributed by atoms with Crippen LogP contribution in [0, 0.1) is 0 Å². The predicted molar refractivity (Wildman–Crippen MR) is 127 cm³/mol. The molecule has 7 nitrogen and oxygen atoms in total. The Morgan fingerprint density at radius 1 is 1.17 bits per heavy atom. The van der Waals surface area contributed by atoms with Crippen molar-refractivity contribution >= 4 is 15.7 Å². The molecule has 1 amide bonds. The first-order valence-corrected chi connectivity index (χ1v) is 13.4. The van der Waals surface area contributed by atoms with Gasteiger partial charge in [0.1, 0.15) is 10.6 Å². The van der Waals surface area contributed by atoms with Gasteiger partial charge in [-0.2, -0.15) is 0 Å². The molecule has 0 aromatic heterocycles. The number of rotatable bonds is 6. The van der Waals surface area contributed by atoms with Crippen molar-refractivity contribution in [3.8, 4) is 5.75 Å². The van der Waals surface area contributed by atoms with Crippen LogP contribution in [-0.2, 0) is 14.6 Å². The third-order valence-electron chi connectivity index (χ3n) is 6.67. The summed E-state index contributed by atoms with van der Waals surface area (Å²) in [5.41, 5.74) is 0.654. The SMILES string of the molecule is COc1cc(C(=O)N2CCC3(CC2)CN(CC(F)F)CC(c2ccccc2)O3)ccc1S(C)(=O)=O. The molecule has 2 aliphatic rings. The second kappa shape index (κ2) is 10.2. The van der Waals surface area contributed by atoms with Crippen LogP contribution in [0.3, 0.4) is 0 Å². The van der Waals surface area contributed by atoms with Crippen molar-refractivity contribution in [2.75, 3.05) is 46.1 Å². The van der Waals surface area contributed by atoms with E-state index >= 15 is 0 Å². The van der Waals surface area contributed by atoms with Gasteiger partial charge in [-0.25, -0.2) is 17.2 Å². The second-order valence-electron chi connectivity index (χ2n) is 9.22. The van der Waals surface area contributed by atoms with Crippen molar-refractivity contribution in [3.63, 3.8) is 0 Å². The van der Waals surface area contributed by atoms with Crippen LogP contribution in [0.15, 0.2) is 53.4 Å². The minimum absolute atomic E-state index is 0.0239. The lowest BCUT2D eigenvalue weighted by Gasteiger charge is -2.50. The number of alkyl halides is 2. The van der Waals surface area contributed by atoms with E-state index in [1.54, 1.807) is 9.80 Å². The Morgan fingerprint density at radius 2 is 1.86 bits per heavy atom. The predicted octanol–water partition coefficient (Wildman–Crippen LogP) is 3.41. The van der Waals surface area contributed by atoms with Crippen LogP contribution < -0.4 is 4.74 Å². The van der Waals surface area contributed by atoms with Gasteiger partial charge in [-0.15, -0.1) is 0 Å². The zero-order chi connectivity index (χ0) is 25.2. The molecular weight excluding hydrogens is 478 g/mol.